The number of aromatic nitrogens is 5. The molecule has 0 bridgehead atoms. The van der Waals surface area contributed by atoms with Crippen molar-refractivity contribution in [3.8, 4) is 39.5 Å². The summed E-state index contributed by atoms with van der Waals surface area (Å²) in [5.41, 5.74) is 15.8. The maximum atomic E-state index is 5.18. The molecule has 0 unspecified atom stereocenters. The predicted octanol–water partition coefficient (Wildman–Crippen LogP) is 12.3. The van der Waals surface area contributed by atoms with E-state index in [-0.39, 0.29) is 5.41 Å². The number of hydrogen-bond acceptors (Lipinski definition) is 3. The highest BCUT2D eigenvalue weighted by molar-refractivity contribution is 6.20. The largest absolute Gasteiger partial charge is 0.309 e. The average Bonchev–Trinajstić information content (AvgIpc) is 3.86. The first kappa shape index (κ1) is 30.4. The molecule has 258 valence electrons. The van der Waals surface area contributed by atoms with Gasteiger partial charge in [-0.15, -0.1) is 0 Å². The summed E-state index contributed by atoms with van der Waals surface area (Å²) in [5, 5.41) is 5.98. The van der Waals surface area contributed by atoms with Crippen LogP contribution in [0.2, 0.25) is 0 Å². The molecule has 12 rings (SSSR count). The zero-order valence-electron chi connectivity index (χ0n) is 30.3. The first-order valence-electron chi connectivity index (χ1n) is 18.9. The van der Waals surface area contributed by atoms with Crippen molar-refractivity contribution < 1.29 is 0 Å². The fraction of sp³-hybridized carbons (Fsp3) is 0.0600. The number of para-hydroxylation sites is 3. The van der Waals surface area contributed by atoms with Crippen molar-refractivity contribution in [3.63, 3.8) is 0 Å². The van der Waals surface area contributed by atoms with Crippen molar-refractivity contribution in [1.29, 1.82) is 0 Å². The van der Waals surface area contributed by atoms with E-state index < -0.39 is 0 Å². The molecular weight excluding hydrogens is 671 g/mol. The molecule has 1 aliphatic rings. The van der Waals surface area contributed by atoms with Crippen molar-refractivity contribution >= 4 is 60.2 Å². The lowest BCUT2D eigenvalue weighted by molar-refractivity contribution is 0.660. The van der Waals surface area contributed by atoms with Crippen LogP contribution in [0.1, 0.15) is 25.0 Å². The van der Waals surface area contributed by atoms with Crippen molar-refractivity contribution in [2.75, 3.05) is 0 Å². The van der Waals surface area contributed by atoms with Gasteiger partial charge in [-0.1, -0.05) is 117 Å². The molecule has 11 aromatic rings. The Morgan fingerprint density at radius 3 is 2.13 bits per heavy atom. The van der Waals surface area contributed by atoms with Crippen molar-refractivity contribution in [2.24, 2.45) is 0 Å². The van der Waals surface area contributed by atoms with E-state index in [9.17, 15) is 0 Å². The van der Waals surface area contributed by atoms with Gasteiger partial charge in [-0.05, 0) is 82.2 Å². The molecule has 4 aromatic heterocycles. The smallest absolute Gasteiger partial charge is 0.159 e. The summed E-state index contributed by atoms with van der Waals surface area (Å²) in [5.74, 6) is 0.701. The molecule has 0 N–H and O–H groups in total. The first-order valence-corrected chi connectivity index (χ1v) is 18.9. The highest BCUT2D eigenvalue weighted by Crippen LogP contribution is 2.49. The Hall–Kier alpha value is -7.11. The van der Waals surface area contributed by atoms with E-state index in [1.54, 1.807) is 0 Å². The normalized spacial score (nSPS) is 13.4. The third-order valence-corrected chi connectivity index (χ3v) is 11.9. The summed E-state index contributed by atoms with van der Waals surface area (Å²) in [6, 6.07) is 56.7. The summed E-state index contributed by atoms with van der Waals surface area (Å²) in [4.78, 5) is 15.1. The van der Waals surface area contributed by atoms with Gasteiger partial charge in [0, 0.05) is 50.0 Å². The first-order chi connectivity index (χ1) is 27.0. The van der Waals surface area contributed by atoms with Crippen LogP contribution >= 0.6 is 0 Å². The Balaban J connectivity index is 1.04. The van der Waals surface area contributed by atoms with Crippen LogP contribution in [0, 0.1) is 0 Å². The molecule has 7 aromatic carbocycles. The SMILES string of the molecule is CC1(C)c2ccccc2-c2ccc(-c3ccnc(-c4cccc(-n5c6ccccc6c6cc7c8ccccc8c8nc9ccccc9n8c7cc65)c4)n3)cc21. The Kier molecular flexibility index (Phi) is 6.05. The van der Waals surface area contributed by atoms with Gasteiger partial charge in [0.15, 0.2) is 5.82 Å². The minimum absolute atomic E-state index is 0.0798. The van der Waals surface area contributed by atoms with Gasteiger partial charge < -0.3 is 4.57 Å². The van der Waals surface area contributed by atoms with Gasteiger partial charge in [0.2, 0.25) is 0 Å². The minimum atomic E-state index is -0.0798. The average molecular weight is 704 g/mol. The lowest BCUT2D eigenvalue weighted by atomic mass is 9.82. The van der Waals surface area contributed by atoms with Crippen molar-refractivity contribution in [1.82, 2.24) is 23.9 Å². The summed E-state index contributed by atoms with van der Waals surface area (Å²) >= 11 is 0. The monoisotopic (exact) mass is 703 g/mol. The number of benzene rings is 7. The van der Waals surface area contributed by atoms with Crippen LogP contribution in [0.5, 0.6) is 0 Å². The highest BCUT2D eigenvalue weighted by atomic mass is 15.0. The second-order valence-electron chi connectivity index (χ2n) is 15.3. The zero-order valence-corrected chi connectivity index (χ0v) is 30.3. The summed E-state index contributed by atoms with van der Waals surface area (Å²) < 4.78 is 4.72. The fourth-order valence-electron chi connectivity index (χ4n) is 9.35. The van der Waals surface area contributed by atoms with E-state index in [2.05, 4.69) is 174 Å². The molecule has 0 saturated heterocycles. The fourth-order valence-corrected chi connectivity index (χ4v) is 9.35. The topological polar surface area (TPSA) is 48.0 Å². The number of hydrogen-bond donors (Lipinski definition) is 0. The van der Waals surface area contributed by atoms with Gasteiger partial charge in [-0.2, -0.15) is 0 Å². The number of pyridine rings is 1. The maximum absolute atomic E-state index is 5.18. The molecule has 0 amide bonds. The van der Waals surface area contributed by atoms with Gasteiger partial charge in [-0.3, -0.25) is 4.40 Å². The lowest BCUT2D eigenvalue weighted by Crippen LogP contribution is -2.14. The van der Waals surface area contributed by atoms with Crippen LogP contribution < -0.4 is 0 Å². The lowest BCUT2D eigenvalue weighted by Gasteiger charge is -2.21. The van der Waals surface area contributed by atoms with E-state index >= 15 is 0 Å². The Morgan fingerprint density at radius 2 is 1.22 bits per heavy atom. The molecule has 0 aliphatic heterocycles. The maximum Gasteiger partial charge on any atom is 0.159 e. The molecule has 0 saturated carbocycles. The molecule has 0 fully saturated rings. The molecule has 0 spiro atoms. The van der Waals surface area contributed by atoms with E-state index in [1.165, 1.54) is 43.8 Å². The molecule has 5 nitrogen and oxygen atoms in total. The number of rotatable bonds is 3. The molecule has 1 aliphatic carbocycles. The van der Waals surface area contributed by atoms with Crippen LogP contribution in [0.15, 0.2) is 164 Å². The van der Waals surface area contributed by atoms with Crippen LogP contribution in [-0.2, 0) is 5.41 Å². The van der Waals surface area contributed by atoms with Crippen molar-refractivity contribution in [2.45, 2.75) is 19.3 Å². The standard InChI is InChI=1S/C50H33N5/c1-50(2)40-18-7-5-15-34(40)35-23-22-30(27-41(35)50)42-24-25-51-48(52-42)31-12-11-13-32(26-31)54-44-20-9-6-16-36(44)39-28-38-33-14-3-4-17-37(33)49-53-43-19-8-10-21-45(43)55(49)47(38)29-46(39)54/h3-29H,1-2H3. The van der Waals surface area contributed by atoms with E-state index in [0.29, 0.717) is 5.82 Å². The van der Waals surface area contributed by atoms with E-state index in [4.69, 9.17) is 15.0 Å². The number of imidazole rings is 1. The van der Waals surface area contributed by atoms with Crippen LogP contribution in [-0.4, -0.2) is 23.9 Å². The summed E-state index contributed by atoms with van der Waals surface area (Å²) in [6.07, 6.45) is 1.88. The predicted molar refractivity (Wildman–Crippen MR) is 226 cm³/mol. The quantitative estimate of drug-likeness (QED) is 0.172. The van der Waals surface area contributed by atoms with Crippen molar-refractivity contribution in [3.05, 3.63) is 175 Å². The molecular formula is C50H33N5. The minimum Gasteiger partial charge on any atom is -0.309 e. The van der Waals surface area contributed by atoms with Gasteiger partial charge >= 0.3 is 0 Å². The highest BCUT2D eigenvalue weighted by Gasteiger charge is 2.35. The molecule has 0 radical (unpaired) electrons. The summed E-state index contributed by atoms with van der Waals surface area (Å²) in [6.45, 7) is 4.64. The molecule has 55 heavy (non-hydrogen) atoms. The van der Waals surface area contributed by atoms with Crippen LogP contribution in [0.4, 0.5) is 0 Å². The zero-order chi connectivity index (χ0) is 36.4. The van der Waals surface area contributed by atoms with Gasteiger partial charge in [0.25, 0.3) is 0 Å². The Bertz CT molecular complexity index is 3420. The third-order valence-electron chi connectivity index (χ3n) is 11.9. The summed E-state index contributed by atoms with van der Waals surface area (Å²) in [7, 11) is 0. The number of nitrogens with zero attached hydrogens (tertiary/aromatic N) is 5. The number of fused-ring (bicyclic) bond motifs is 14. The Labute approximate surface area is 316 Å². The van der Waals surface area contributed by atoms with Crippen LogP contribution in [0.25, 0.3) is 99.6 Å². The Morgan fingerprint density at radius 1 is 0.473 bits per heavy atom. The van der Waals surface area contributed by atoms with Crippen LogP contribution in [0.3, 0.4) is 0 Å². The molecule has 5 heteroatoms. The van der Waals surface area contributed by atoms with Gasteiger partial charge in [0.1, 0.15) is 5.65 Å². The molecule has 4 heterocycles. The van der Waals surface area contributed by atoms with Gasteiger partial charge in [0.05, 0.1) is 33.3 Å². The second kappa shape index (κ2) is 11.0. The molecule has 0 atom stereocenters. The third kappa shape index (κ3) is 4.21. The van der Waals surface area contributed by atoms with E-state index in [1.807, 2.05) is 12.3 Å². The van der Waals surface area contributed by atoms with E-state index in [0.717, 1.165) is 61.1 Å². The van der Waals surface area contributed by atoms with Gasteiger partial charge in [-0.25, -0.2) is 15.0 Å². The second-order valence-corrected chi connectivity index (χ2v) is 15.3.